The highest BCUT2D eigenvalue weighted by molar-refractivity contribution is 5.94. The van der Waals surface area contributed by atoms with Gasteiger partial charge in [-0.25, -0.2) is 4.98 Å². The zero-order valence-corrected chi connectivity index (χ0v) is 9.65. The Balaban J connectivity index is 1.99. The lowest BCUT2D eigenvalue weighted by atomic mass is 10.1. The molecule has 4 nitrogen and oxygen atoms in total. The number of nitrogens with one attached hydrogen (secondary N) is 1. The number of ether oxygens (including phenoxy) is 1. The van der Waals surface area contributed by atoms with Crippen LogP contribution < -0.4 is 5.32 Å². The minimum atomic E-state index is -0.746. The van der Waals surface area contributed by atoms with Crippen molar-refractivity contribution in [3.8, 4) is 0 Å². The lowest BCUT2D eigenvalue weighted by Crippen LogP contribution is -2.41. The summed E-state index contributed by atoms with van der Waals surface area (Å²) in [4.78, 5) is 15.2. The van der Waals surface area contributed by atoms with E-state index < -0.39 is 11.9 Å². The topological polar surface area (TPSA) is 51.2 Å². The van der Waals surface area contributed by atoms with Gasteiger partial charge in [0.05, 0.1) is 17.7 Å². The number of carbonyl (C=O) groups is 1. The van der Waals surface area contributed by atoms with Gasteiger partial charge in [0.1, 0.15) is 0 Å². The maximum atomic E-state index is 13.3. The van der Waals surface area contributed by atoms with Crippen molar-refractivity contribution in [1.29, 1.82) is 0 Å². The second-order valence-electron chi connectivity index (χ2n) is 4.16. The maximum absolute atomic E-state index is 13.3. The first-order chi connectivity index (χ1) is 8.18. The second kappa shape index (κ2) is 5.23. The van der Waals surface area contributed by atoms with E-state index in [0.29, 0.717) is 0 Å². The van der Waals surface area contributed by atoms with Crippen LogP contribution in [0.4, 0.5) is 4.39 Å². The molecule has 1 aliphatic rings. The quantitative estimate of drug-likeness (QED) is 0.812. The van der Waals surface area contributed by atoms with Gasteiger partial charge in [0, 0.05) is 12.8 Å². The van der Waals surface area contributed by atoms with Gasteiger partial charge in [0.15, 0.2) is 0 Å². The van der Waals surface area contributed by atoms with Crippen LogP contribution in [-0.4, -0.2) is 29.6 Å². The summed E-state index contributed by atoms with van der Waals surface area (Å²) in [6.07, 6.45) is 3.28. The summed E-state index contributed by atoms with van der Waals surface area (Å²) < 4.78 is 18.7. The summed E-state index contributed by atoms with van der Waals surface area (Å²) in [5, 5.41) is 2.74. The molecule has 5 heteroatoms. The Hall–Kier alpha value is -1.49. The summed E-state index contributed by atoms with van der Waals surface area (Å²) in [6.45, 7) is 2.59. The number of hydrogen-bond donors (Lipinski definition) is 1. The van der Waals surface area contributed by atoms with Crippen LogP contribution >= 0.6 is 0 Å². The first-order valence-electron chi connectivity index (χ1n) is 5.71. The predicted octanol–water partition coefficient (Wildman–Crippen LogP) is 1.52. The molecule has 0 radical (unpaired) electrons. The van der Waals surface area contributed by atoms with Gasteiger partial charge in [-0.05, 0) is 31.9 Å². The Bertz CT molecular complexity index is 405. The molecule has 17 heavy (non-hydrogen) atoms. The van der Waals surface area contributed by atoms with E-state index in [1.807, 2.05) is 6.92 Å². The molecular weight excluding hydrogens is 223 g/mol. The fourth-order valence-corrected chi connectivity index (χ4v) is 1.93. The van der Waals surface area contributed by atoms with E-state index in [-0.39, 0.29) is 17.7 Å². The molecule has 1 fully saturated rings. The average Bonchev–Trinajstić information content (AvgIpc) is 2.82. The van der Waals surface area contributed by atoms with E-state index in [0.717, 1.165) is 19.4 Å². The van der Waals surface area contributed by atoms with E-state index in [4.69, 9.17) is 4.74 Å². The smallest absolute Gasteiger partial charge is 0.256 e. The van der Waals surface area contributed by atoms with Crippen LogP contribution in [0.5, 0.6) is 0 Å². The van der Waals surface area contributed by atoms with Crippen molar-refractivity contribution in [2.75, 3.05) is 6.61 Å². The molecule has 2 rings (SSSR count). The van der Waals surface area contributed by atoms with Gasteiger partial charge in [0.25, 0.3) is 5.91 Å². The molecule has 1 aliphatic heterocycles. The van der Waals surface area contributed by atoms with Crippen molar-refractivity contribution in [2.45, 2.75) is 31.9 Å². The van der Waals surface area contributed by atoms with E-state index in [1.165, 1.54) is 18.3 Å². The average molecular weight is 238 g/mol. The summed E-state index contributed by atoms with van der Waals surface area (Å²) in [5.41, 5.74) is -0.0302. The lowest BCUT2D eigenvalue weighted by Gasteiger charge is -2.19. The Morgan fingerprint density at radius 1 is 1.71 bits per heavy atom. The molecule has 92 valence electrons. The molecule has 1 saturated heterocycles. The number of halogens is 1. The maximum Gasteiger partial charge on any atom is 0.256 e. The fourth-order valence-electron chi connectivity index (χ4n) is 1.93. The minimum absolute atomic E-state index is 0.0266. The van der Waals surface area contributed by atoms with Gasteiger partial charge < -0.3 is 10.1 Å². The number of nitrogens with zero attached hydrogens (tertiary/aromatic N) is 1. The molecular formula is C12H15FN2O2. The molecule has 0 aromatic carbocycles. The Kier molecular flexibility index (Phi) is 3.68. The molecule has 1 amide bonds. The number of rotatable bonds is 3. The largest absolute Gasteiger partial charge is 0.376 e. The summed E-state index contributed by atoms with van der Waals surface area (Å²) >= 11 is 0. The molecule has 1 aromatic heterocycles. The highest BCUT2D eigenvalue weighted by Crippen LogP contribution is 2.15. The SMILES string of the molecule is CC(NC(=O)c1cccnc1F)C1CCCO1. The van der Waals surface area contributed by atoms with Crippen LogP contribution in [0.2, 0.25) is 0 Å². The molecule has 2 atom stereocenters. The lowest BCUT2D eigenvalue weighted by molar-refractivity contribution is 0.0709. The fraction of sp³-hybridized carbons (Fsp3) is 0.500. The standard InChI is InChI=1S/C12H15FN2O2/c1-8(10-5-3-7-17-10)15-12(16)9-4-2-6-14-11(9)13/h2,4,6,8,10H,3,5,7H2,1H3,(H,15,16). The third-order valence-corrected chi connectivity index (χ3v) is 2.89. The Morgan fingerprint density at radius 2 is 2.53 bits per heavy atom. The predicted molar refractivity (Wildman–Crippen MR) is 60.1 cm³/mol. The Labute approximate surface area is 99.2 Å². The number of amides is 1. The summed E-state index contributed by atoms with van der Waals surface area (Å²) in [6, 6.07) is 2.83. The van der Waals surface area contributed by atoms with Gasteiger partial charge in [-0.15, -0.1) is 0 Å². The van der Waals surface area contributed by atoms with Crippen molar-refractivity contribution in [1.82, 2.24) is 10.3 Å². The van der Waals surface area contributed by atoms with Crippen LogP contribution in [0.25, 0.3) is 0 Å². The van der Waals surface area contributed by atoms with Crippen molar-refractivity contribution in [2.24, 2.45) is 0 Å². The van der Waals surface area contributed by atoms with Gasteiger partial charge in [0.2, 0.25) is 5.95 Å². The number of hydrogen-bond acceptors (Lipinski definition) is 3. The summed E-state index contributed by atoms with van der Waals surface area (Å²) in [5.74, 6) is -1.19. The summed E-state index contributed by atoms with van der Waals surface area (Å²) in [7, 11) is 0. The molecule has 1 N–H and O–H groups in total. The van der Waals surface area contributed by atoms with Crippen LogP contribution in [0.1, 0.15) is 30.1 Å². The molecule has 0 saturated carbocycles. The molecule has 2 heterocycles. The molecule has 2 unspecified atom stereocenters. The third-order valence-electron chi connectivity index (χ3n) is 2.89. The van der Waals surface area contributed by atoms with E-state index >= 15 is 0 Å². The van der Waals surface area contributed by atoms with Gasteiger partial charge in [-0.1, -0.05) is 0 Å². The monoisotopic (exact) mass is 238 g/mol. The van der Waals surface area contributed by atoms with Crippen molar-refractivity contribution in [3.63, 3.8) is 0 Å². The van der Waals surface area contributed by atoms with Gasteiger partial charge >= 0.3 is 0 Å². The molecule has 0 aliphatic carbocycles. The van der Waals surface area contributed by atoms with Crippen LogP contribution in [0, 0.1) is 5.95 Å². The van der Waals surface area contributed by atoms with E-state index in [9.17, 15) is 9.18 Å². The molecule has 0 spiro atoms. The van der Waals surface area contributed by atoms with Crippen molar-refractivity contribution >= 4 is 5.91 Å². The second-order valence-corrected chi connectivity index (χ2v) is 4.16. The number of carbonyl (C=O) groups excluding carboxylic acids is 1. The van der Waals surface area contributed by atoms with Crippen molar-refractivity contribution < 1.29 is 13.9 Å². The van der Waals surface area contributed by atoms with Crippen molar-refractivity contribution in [3.05, 3.63) is 29.8 Å². The number of aromatic nitrogens is 1. The zero-order valence-electron chi connectivity index (χ0n) is 9.65. The van der Waals surface area contributed by atoms with Gasteiger partial charge in [-0.3, -0.25) is 4.79 Å². The normalized spacial score (nSPS) is 21.2. The highest BCUT2D eigenvalue weighted by Gasteiger charge is 2.24. The van der Waals surface area contributed by atoms with Gasteiger partial charge in [-0.2, -0.15) is 4.39 Å². The first-order valence-corrected chi connectivity index (χ1v) is 5.71. The molecule has 0 bridgehead atoms. The highest BCUT2D eigenvalue weighted by atomic mass is 19.1. The Morgan fingerprint density at radius 3 is 3.18 bits per heavy atom. The third kappa shape index (κ3) is 2.79. The van der Waals surface area contributed by atoms with Crippen LogP contribution in [-0.2, 0) is 4.74 Å². The van der Waals surface area contributed by atoms with E-state index in [2.05, 4.69) is 10.3 Å². The minimum Gasteiger partial charge on any atom is -0.376 e. The van der Waals surface area contributed by atoms with Crippen LogP contribution in [0.3, 0.4) is 0 Å². The van der Waals surface area contributed by atoms with Crippen LogP contribution in [0.15, 0.2) is 18.3 Å². The molecule has 1 aromatic rings. The zero-order chi connectivity index (χ0) is 12.3. The van der Waals surface area contributed by atoms with E-state index in [1.54, 1.807) is 0 Å². The number of pyridine rings is 1. The first kappa shape index (κ1) is 12.0.